The van der Waals surface area contributed by atoms with Crippen molar-refractivity contribution >= 4 is 0 Å². The zero-order valence-corrected chi connectivity index (χ0v) is 17.0. The van der Waals surface area contributed by atoms with Crippen molar-refractivity contribution in [1.29, 1.82) is 5.26 Å². The van der Waals surface area contributed by atoms with Gasteiger partial charge >= 0.3 is 0 Å². The molecule has 24 heavy (non-hydrogen) atoms. The van der Waals surface area contributed by atoms with E-state index < -0.39 is 0 Å². The summed E-state index contributed by atoms with van der Waals surface area (Å²) in [5.74, 6) is 0. The lowest BCUT2D eigenvalue weighted by Gasteiger charge is -2.23. The van der Waals surface area contributed by atoms with Gasteiger partial charge in [0.1, 0.15) is 0 Å². The number of nitriles is 1. The van der Waals surface area contributed by atoms with Crippen molar-refractivity contribution in [2.45, 2.75) is 123 Å². The fourth-order valence-electron chi connectivity index (χ4n) is 3.30. The quantitative estimate of drug-likeness (QED) is 0.250. The minimum atomic E-state index is 0.621. The molecule has 0 spiro atoms. The van der Waals surface area contributed by atoms with Crippen molar-refractivity contribution in [3.8, 4) is 6.07 Å². The van der Waals surface area contributed by atoms with Gasteiger partial charge in [-0.3, -0.25) is 0 Å². The number of hydrogen-bond donors (Lipinski definition) is 0. The number of unbranched alkanes of at least 4 members (excludes halogenated alkanes) is 13. The topological polar surface area (TPSA) is 27.0 Å². The highest BCUT2D eigenvalue weighted by atomic mass is 15.1. The zero-order valence-electron chi connectivity index (χ0n) is 17.0. The highest BCUT2D eigenvalue weighted by Gasteiger charge is 2.07. The first-order valence-corrected chi connectivity index (χ1v) is 10.8. The summed E-state index contributed by atoms with van der Waals surface area (Å²) in [7, 11) is 2.14. The summed E-state index contributed by atoms with van der Waals surface area (Å²) in [6.45, 7) is 5.49. The van der Waals surface area contributed by atoms with Gasteiger partial charge in [-0.25, -0.2) is 0 Å². The van der Waals surface area contributed by atoms with E-state index in [0.29, 0.717) is 12.5 Å². The predicted molar refractivity (Wildman–Crippen MR) is 107 cm³/mol. The van der Waals surface area contributed by atoms with Gasteiger partial charge in [0.25, 0.3) is 0 Å². The van der Waals surface area contributed by atoms with E-state index in [1.807, 2.05) is 0 Å². The first-order valence-electron chi connectivity index (χ1n) is 10.8. The average molecular weight is 337 g/mol. The van der Waals surface area contributed by atoms with E-state index >= 15 is 0 Å². The van der Waals surface area contributed by atoms with Gasteiger partial charge in [0.15, 0.2) is 0 Å². The second-order valence-electron chi connectivity index (χ2n) is 7.62. The number of rotatable bonds is 18. The van der Waals surface area contributed by atoms with Crippen LogP contribution >= 0.6 is 0 Å². The first-order chi connectivity index (χ1) is 11.7. The Labute approximate surface area is 153 Å². The highest BCUT2D eigenvalue weighted by Crippen LogP contribution is 2.14. The molecule has 0 radical (unpaired) electrons. The molecule has 0 aromatic carbocycles. The summed E-state index contributed by atoms with van der Waals surface area (Å²) in [6.07, 6.45) is 21.9. The molecule has 0 heterocycles. The lowest BCUT2D eigenvalue weighted by atomic mass is 10.0. The molecule has 142 valence electrons. The van der Waals surface area contributed by atoms with Gasteiger partial charge in [0.2, 0.25) is 0 Å². The maximum Gasteiger partial charge on any atom is 0.0635 e. The average Bonchev–Trinajstić information content (AvgIpc) is 2.59. The van der Waals surface area contributed by atoms with Gasteiger partial charge in [0.05, 0.1) is 6.07 Å². The normalized spacial score (nSPS) is 12.5. The lowest BCUT2D eigenvalue weighted by Crippen LogP contribution is -2.29. The predicted octanol–water partition coefficient (Wildman–Crippen LogP) is 7.09. The van der Waals surface area contributed by atoms with Crippen LogP contribution in [0.15, 0.2) is 0 Å². The first kappa shape index (κ1) is 23.4. The standard InChI is InChI=1S/C22H44N2/c1-4-5-6-7-8-9-10-11-12-13-14-15-16-17-19-22(2)24(3)21-18-20-23/h22H,4-19,21H2,1-3H3. The summed E-state index contributed by atoms with van der Waals surface area (Å²) in [5.41, 5.74) is 0. The van der Waals surface area contributed by atoms with Gasteiger partial charge in [-0.15, -0.1) is 0 Å². The van der Waals surface area contributed by atoms with Crippen LogP contribution in [0.2, 0.25) is 0 Å². The van der Waals surface area contributed by atoms with Crippen LogP contribution < -0.4 is 0 Å². The summed E-state index contributed by atoms with van der Waals surface area (Å²) >= 11 is 0. The molecular weight excluding hydrogens is 292 g/mol. The van der Waals surface area contributed by atoms with Crippen LogP contribution in [-0.2, 0) is 0 Å². The molecule has 0 aromatic heterocycles. The fourth-order valence-corrected chi connectivity index (χ4v) is 3.30. The molecule has 0 bridgehead atoms. The van der Waals surface area contributed by atoms with Crippen molar-refractivity contribution in [3.63, 3.8) is 0 Å². The van der Waals surface area contributed by atoms with E-state index in [-0.39, 0.29) is 0 Å². The number of hydrogen-bond acceptors (Lipinski definition) is 2. The Balaban J connectivity index is 3.18. The lowest BCUT2D eigenvalue weighted by molar-refractivity contribution is 0.246. The number of nitrogens with zero attached hydrogens (tertiary/aromatic N) is 2. The van der Waals surface area contributed by atoms with Crippen LogP contribution in [0.25, 0.3) is 0 Å². The van der Waals surface area contributed by atoms with E-state index in [0.717, 1.165) is 6.54 Å². The van der Waals surface area contributed by atoms with E-state index in [1.54, 1.807) is 0 Å². The molecule has 2 nitrogen and oxygen atoms in total. The van der Waals surface area contributed by atoms with Crippen molar-refractivity contribution in [3.05, 3.63) is 0 Å². The molecule has 0 aliphatic carbocycles. The molecule has 0 aromatic rings. The van der Waals surface area contributed by atoms with E-state index in [4.69, 9.17) is 5.26 Å². The Kier molecular flexibility index (Phi) is 18.4. The van der Waals surface area contributed by atoms with Gasteiger partial charge in [0, 0.05) is 19.0 Å². The SMILES string of the molecule is CCCCCCCCCCCCCCCCC(C)N(C)CCC#N. The summed E-state index contributed by atoms with van der Waals surface area (Å²) in [5, 5.41) is 8.63. The third kappa shape index (κ3) is 16.3. The van der Waals surface area contributed by atoms with E-state index in [9.17, 15) is 0 Å². The van der Waals surface area contributed by atoms with Gasteiger partial charge in [-0.05, 0) is 20.4 Å². The summed E-state index contributed by atoms with van der Waals surface area (Å²) in [4.78, 5) is 2.32. The van der Waals surface area contributed by atoms with Crippen LogP contribution in [0.1, 0.15) is 117 Å². The van der Waals surface area contributed by atoms with Crippen LogP contribution in [0.4, 0.5) is 0 Å². The Hall–Kier alpha value is -0.550. The van der Waals surface area contributed by atoms with E-state index in [2.05, 4.69) is 31.9 Å². The van der Waals surface area contributed by atoms with Gasteiger partial charge < -0.3 is 4.90 Å². The Bertz CT molecular complexity index is 282. The molecular formula is C22H44N2. The van der Waals surface area contributed by atoms with Crippen molar-refractivity contribution in [1.82, 2.24) is 4.90 Å². The molecule has 1 unspecified atom stereocenters. The zero-order chi connectivity index (χ0) is 17.9. The maximum absolute atomic E-state index is 8.63. The molecule has 0 aliphatic heterocycles. The third-order valence-corrected chi connectivity index (χ3v) is 5.30. The fraction of sp³-hybridized carbons (Fsp3) is 0.955. The second-order valence-corrected chi connectivity index (χ2v) is 7.62. The second kappa shape index (κ2) is 18.8. The van der Waals surface area contributed by atoms with Crippen LogP contribution in [0, 0.1) is 11.3 Å². The molecule has 0 saturated carbocycles. The third-order valence-electron chi connectivity index (χ3n) is 5.30. The summed E-state index contributed by atoms with van der Waals surface area (Å²) < 4.78 is 0. The minimum Gasteiger partial charge on any atom is -0.303 e. The molecule has 2 heteroatoms. The van der Waals surface area contributed by atoms with Crippen molar-refractivity contribution in [2.75, 3.05) is 13.6 Å². The van der Waals surface area contributed by atoms with Crippen molar-refractivity contribution in [2.24, 2.45) is 0 Å². The van der Waals surface area contributed by atoms with Crippen LogP contribution in [-0.4, -0.2) is 24.5 Å². The Morgan fingerprint density at radius 1 is 0.750 bits per heavy atom. The molecule has 0 rings (SSSR count). The molecule has 0 N–H and O–H groups in total. The van der Waals surface area contributed by atoms with Crippen LogP contribution in [0.5, 0.6) is 0 Å². The van der Waals surface area contributed by atoms with Gasteiger partial charge in [-0.2, -0.15) is 5.26 Å². The van der Waals surface area contributed by atoms with Crippen molar-refractivity contribution < 1.29 is 0 Å². The van der Waals surface area contributed by atoms with Crippen LogP contribution in [0.3, 0.4) is 0 Å². The summed E-state index contributed by atoms with van der Waals surface area (Å²) in [6, 6.07) is 2.85. The molecule has 0 amide bonds. The monoisotopic (exact) mass is 336 g/mol. The molecule has 0 aliphatic rings. The molecule has 0 saturated heterocycles. The Morgan fingerprint density at radius 2 is 1.17 bits per heavy atom. The molecule has 1 atom stereocenters. The highest BCUT2D eigenvalue weighted by molar-refractivity contribution is 4.73. The Morgan fingerprint density at radius 3 is 1.58 bits per heavy atom. The molecule has 0 fully saturated rings. The van der Waals surface area contributed by atoms with Gasteiger partial charge in [-0.1, -0.05) is 96.8 Å². The smallest absolute Gasteiger partial charge is 0.0635 e. The van der Waals surface area contributed by atoms with E-state index in [1.165, 1.54) is 96.3 Å². The largest absolute Gasteiger partial charge is 0.303 e. The maximum atomic E-state index is 8.63. The minimum absolute atomic E-state index is 0.621.